The number of nitrogens with two attached hydrogens (primary N) is 1. The molecule has 1 fully saturated rings. The average Bonchev–Trinajstić information content (AvgIpc) is 3.27. The van der Waals surface area contributed by atoms with Crippen LogP contribution in [-0.4, -0.2) is 72.6 Å². The molecule has 0 bridgehead atoms. The Balaban J connectivity index is 2.07. The van der Waals surface area contributed by atoms with Crippen LogP contribution in [0.4, 0.5) is 5.13 Å². The Morgan fingerprint density at radius 1 is 1.28 bits per heavy atom. The van der Waals surface area contributed by atoms with Crippen molar-refractivity contribution in [2.45, 2.75) is 72.6 Å². The van der Waals surface area contributed by atoms with Gasteiger partial charge < -0.3 is 20.0 Å². The fourth-order valence-corrected chi connectivity index (χ4v) is 5.40. The Hall–Kier alpha value is -3.11. The monoisotopic (exact) mass is 590 g/mol. The smallest absolute Gasteiger partial charge is 0.364 e. The molecule has 1 aromatic heterocycles. The fourth-order valence-electron chi connectivity index (χ4n) is 3.36. The maximum Gasteiger partial charge on any atom is 0.364 e. The summed E-state index contributed by atoms with van der Waals surface area (Å²) in [6.07, 6.45) is 0.179. The summed E-state index contributed by atoms with van der Waals surface area (Å²) < 4.78 is 41.1. The highest BCUT2D eigenvalue weighted by Gasteiger charge is 2.52. The van der Waals surface area contributed by atoms with Crippen LogP contribution in [0.2, 0.25) is 0 Å². The van der Waals surface area contributed by atoms with Gasteiger partial charge in [-0.1, -0.05) is 25.9 Å². The zero-order chi connectivity index (χ0) is 29.6. The minimum absolute atomic E-state index is 0.0866. The van der Waals surface area contributed by atoms with E-state index in [0.29, 0.717) is 10.7 Å². The Bertz CT molecular complexity index is 1210. The number of aromatic nitrogens is 1. The van der Waals surface area contributed by atoms with Gasteiger partial charge in [-0.15, -0.1) is 11.3 Å². The summed E-state index contributed by atoms with van der Waals surface area (Å²) in [6, 6.07) is -0.877. The normalized spacial score (nSPS) is 18.4. The number of thiazole rings is 1. The maximum absolute atomic E-state index is 13.1. The number of β-lactam (4-membered cyclic amide) rings is 1. The van der Waals surface area contributed by atoms with Crippen molar-refractivity contribution >= 4 is 56.6 Å². The molecule has 0 radical (unpaired) electrons. The number of rotatable bonds is 16. The Morgan fingerprint density at radius 3 is 2.49 bits per heavy atom. The molecule has 1 aromatic rings. The first-order valence-electron chi connectivity index (χ1n) is 12.0. The van der Waals surface area contributed by atoms with E-state index < -0.39 is 51.6 Å². The molecule has 1 saturated heterocycles. The van der Waals surface area contributed by atoms with Gasteiger partial charge in [-0.3, -0.25) is 23.4 Å². The van der Waals surface area contributed by atoms with E-state index in [9.17, 15) is 27.6 Å². The molecule has 1 amide bonds. The van der Waals surface area contributed by atoms with Gasteiger partial charge >= 0.3 is 16.3 Å². The predicted octanol–water partition coefficient (Wildman–Crippen LogP) is 1.79. The molecular weight excluding hydrogens is 556 g/mol. The number of Topliss-reactive ketones (excluding diaryl/α,β-unsaturated/α-hetero) is 1. The van der Waals surface area contributed by atoms with Crippen LogP contribution in [-0.2, 0) is 48.0 Å². The number of amides is 1. The minimum Gasteiger partial charge on any atom is -0.466 e. The quantitative estimate of drug-likeness (QED) is 0.0733. The molecule has 0 saturated carbocycles. The lowest BCUT2D eigenvalue weighted by atomic mass is 9.86. The Morgan fingerprint density at radius 2 is 1.95 bits per heavy atom. The van der Waals surface area contributed by atoms with E-state index in [1.165, 1.54) is 26.2 Å². The van der Waals surface area contributed by atoms with Crippen molar-refractivity contribution in [3.63, 3.8) is 0 Å². The number of carbonyl (C=O) groups excluding carboxylic acids is 4. The lowest BCUT2D eigenvalue weighted by molar-refractivity contribution is -0.203. The van der Waals surface area contributed by atoms with Gasteiger partial charge in [0.05, 0.1) is 25.2 Å². The maximum atomic E-state index is 13.1. The molecule has 2 heterocycles. The second-order valence-corrected chi connectivity index (χ2v) is 12.4. The number of carbonyl (C=O) groups is 4. The van der Waals surface area contributed by atoms with Gasteiger partial charge in [0, 0.05) is 32.1 Å². The van der Waals surface area contributed by atoms with Crippen LogP contribution >= 0.6 is 11.3 Å². The summed E-state index contributed by atoms with van der Waals surface area (Å²) in [5.74, 6) is -4.31. The van der Waals surface area contributed by atoms with Crippen molar-refractivity contribution < 1.29 is 46.1 Å². The van der Waals surface area contributed by atoms with Crippen molar-refractivity contribution in [3.8, 4) is 0 Å². The zero-order valence-corrected chi connectivity index (χ0v) is 24.3. The van der Waals surface area contributed by atoms with Crippen LogP contribution in [0.3, 0.4) is 0 Å². The highest BCUT2D eigenvalue weighted by molar-refractivity contribution is 7.85. The Kier molecular flexibility index (Phi) is 10.6. The summed E-state index contributed by atoms with van der Waals surface area (Å²) >= 11 is 1.05. The second kappa shape index (κ2) is 12.8. The number of anilines is 1. The first-order chi connectivity index (χ1) is 18.0. The fraction of sp³-hybridized carbons (Fsp3) is 0.652. The molecule has 0 spiro atoms. The van der Waals surface area contributed by atoms with Gasteiger partial charge in [0.25, 0.3) is 12.3 Å². The lowest BCUT2D eigenvalue weighted by Gasteiger charge is -2.43. The standard InChI is InChI=1S/C23H34N4O10S2/c1-7-18(30)34-9-8-22(3,4)12-36-39(32,33)27-14(2)15(20(27)31)10-17(29)19(16-11-38-21(24)25-16)26-37-23(5,6)35-13-28/h11,13-15H,7-10,12H2,1-6H3,(H2,24,25)/b26-19+/t14-,15-/m0/s1. The van der Waals surface area contributed by atoms with Gasteiger partial charge in [-0.25, -0.2) is 9.29 Å². The summed E-state index contributed by atoms with van der Waals surface area (Å²) in [7, 11) is -4.44. The first kappa shape index (κ1) is 32.1. The average molecular weight is 591 g/mol. The number of nitrogen functional groups attached to an aromatic ring is 1. The van der Waals surface area contributed by atoms with E-state index in [2.05, 4.69) is 10.1 Å². The van der Waals surface area contributed by atoms with Gasteiger partial charge in [-0.2, -0.15) is 8.42 Å². The number of ketones is 1. The molecule has 16 heteroatoms. The van der Waals surface area contributed by atoms with Crippen LogP contribution in [0.25, 0.3) is 0 Å². The van der Waals surface area contributed by atoms with E-state index in [-0.39, 0.29) is 48.6 Å². The third-order valence-electron chi connectivity index (χ3n) is 5.78. The molecule has 0 aliphatic carbocycles. The van der Waals surface area contributed by atoms with E-state index in [1.807, 2.05) is 0 Å². The SMILES string of the molecule is CCC(=O)OCCC(C)(C)COS(=O)(=O)N1C(=O)[C@@H](CC(=O)/C(=N/OC(C)(C)OC=O)c2csc(N)n2)[C@@H]1C. The van der Waals surface area contributed by atoms with Crippen molar-refractivity contribution in [3.05, 3.63) is 11.1 Å². The molecule has 2 rings (SSSR count). The second-order valence-electron chi connectivity index (χ2n) is 10.0. The minimum atomic E-state index is -4.44. The van der Waals surface area contributed by atoms with Crippen LogP contribution in [0.5, 0.6) is 0 Å². The summed E-state index contributed by atoms with van der Waals surface area (Å²) in [5.41, 5.74) is 4.81. The van der Waals surface area contributed by atoms with E-state index >= 15 is 0 Å². The molecular formula is C23H34N4O10S2. The summed E-state index contributed by atoms with van der Waals surface area (Å²) in [6.45, 7) is 9.40. The Labute approximate surface area is 231 Å². The zero-order valence-electron chi connectivity index (χ0n) is 22.7. The van der Waals surface area contributed by atoms with Crippen molar-refractivity contribution in [1.82, 2.24) is 9.29 Å². The van der Waals surface area contributed by atoms with Crippen molar-refractivity contribution in [2.24, 2.45) is 16.5 Å². The molecule has 1 aliphatic rings. The van der Waals surface area contributed by atoms with E-state index in [0.717, 1.165) is 11.3 Å². The van der Waals surface area contributed by atoms with Crippen molar-refractivity contribution in [2.75, 3.05) is 18.9 Å². The largest absolute Gasteiger partial charge is 0.466 e. The third kappa shape index (κ3) is 8.69. The van der Waals surface area contributed by atoms with Crippen molar-refractivity contribution in [1.29, 1.82) is 0 Å². The van der Waals surface area contributed by atoms with Gasteiger partial charge in [0.2, 0.25) is 5.91 Å². The molecule has 14 nitrogen and oxygen atoms in total. The first-order valence-corrected chi connectivity index (χ1v) is 14.3. The topological polar surface area (TPSA) is 194 Å². The number of hydrogen-bond acceptors (Lipinski definition) is 14. The van der Waals surface area contributed by atoms with Crippen LogP contribution in [0.15, 0.2) is 10.5 Å². The lowest BCUT2D eigenvalue weighted by Crippen LogP contribution is -2.62. The highest BCUT2D eigenvalue weighted by atomic mass is 32.2. The molecule has 0 aromatic carbocycles. The predicted molar refractivity (Wildman–Crippen MR) is 139 cm³/mol. The van der Waals surface area contributed by atoms with Crippen LogP contribution < -0.4 is 5.73 Å². The summed E-state index contributed by atoms with van der Waals surface area (Å²) in [4.78, 5) is 57.1. The van der Waals surface area contributed by atoms with Crippen LogP contribution in [0, 0.1) is 11.3 Å². The van der Waals surface area contributed by atoms with Gasteiger partial charge in [0.15, 0.2) is 16.6 Å². The molecule has 1 aliphatic heterocycles. The summed E-state index contributed by atoms with van der Waals surface area (Å²) in [5, 5.41) is 5.41. The molecule has 39 heavy (non-hydrogen) atoms. The number of oxime groups is 1. The number of nitrogens with zero attached hydrogens (tertiary/aromatic N) is 3. The highest BCUT2D eigenvalue weighted by Crippen LogP contribution is 2.34. The third-order valence-corrected chi connectivity index (χ3v) is 7.86. The van der Waals surface area contributed by atoms with Gasteiger partial charge in [-0.05, 0) is 18.8 Å². The molecule has 0 unspecified atom stereocenters. The number of esters is 1. The van der Waals surface area contributed by atoms with Crippen LogP contribution in [0.1, 0.15) is 66.5 Å². The number of ether oxygens (including phenoxy) is 2. The molecule has 2 N–H and O–H groups in total. The van der Waals surface area contributed by atoms with Gasteiger partial charge in [0.1, 0.15) is 5.69 Å². The molecule has 218 valence electrons. The number of hydrogen-bond donors (Lipinski definition) is 1. The van der Waals surface area contributed by atoms with E-state index in [1.54, 1.807) is 20.8 Å². The van der Waals surface area contributed by atoms with E-state index in [4.69, 9.17) is 24.2 Å². The molecule has 2 atom stereocenters.